The van der Waals surface area contributed by atoms with Gasteiger partial charge in [0, 0.05) is 12.0 Å². The van der Waals surface area contributed by atoms with Crippen molar-refractivity contribution in [1.82, 2.24) is 0 Å². The Hall–Kier alpha value is -0.940. The number of rotatable bonds is 2. The third-order valence-corrected chi connectivity index (χ3v) is 2.38. The second kappa shape index (κ2) is 4.51. The van der Waals surface area contributed by atoms with Crippen molar-refractivity contribution in [1.29, 1.82) is 0 Å². The largest absolute Gasteiger partial charge is 0.573 e. The van der Waals surface area contributed by atoms with Gasteiger partial charge in [0.15, 0.2) is 0 Å². The average molecular weight is 254 g/mol. The van der Waals surface area contributed by atoms with Crippen molar-refractivity contribution in [3.05, 3.63) is 29.8 Å². The second-order valence-electron chi connectivity index (χ2n) is 3.62. The lowest BCUT2D eigenvalue weighted by Crippen LogP contribution is -2.17. The van der Waals surface area contributed by atoms with Crippen LogP contribution in [0.5, 0.6) is 5.75 Å². The molecule has 0 radical (unpaired) electrons. The summed E-state index contributed by atoms with van der Waals surface area (Å²) < 4.78 is 39.3. The summed E-state index contributed by atoms with van der Waals surface area (Å²) in [5.74, 6) is 0.102. The van der Waals surface area contributed by atoms with E-state index in [-0.39, 0.29) is 24.2 Å². The first kappa shape index (κ1) is 13.1. The van der Waals surface area contributed by atoms with Gasteiger partial charge in [0.1, 0.15) is 5.75 Å². The molecule has 6 heteroatoms. The summed E-state index contributed by atoms with van der Waals surface area (Å²) in [6, 6.07) is 6.03. The lowest BCUT2D eigenvalue weighted by atomic mass is 10.1. The Balaban J connectivity index is 0.00000128. The van der Waals surface area contributed by atoms with Gasteiger partial charge in [-0.15, -0.1) is 25.6 Å². The minimum absolute atomic E-state index is 0. The molecule has 1 aliphatic carbocycles. The number of alkyl halides is 3. The Labute approximate surface area is 97.0 Å². The minimum atomic E-state index is -4.63. The highest BCUT2D eigenvalue weighted by molar-refractivity contribution is 5.85. The van der Waals surface area contributed by atoms with Gasteiger partial charge in [-0.25, -0.2) is 0 Å². The number of benzene rings is 1. The molecule has 1 saturated carbocycles. The van der Waals surface area contributed by atoms with Crippen molar-refractivity contribution in [2.45, 2.75) is 24.7 Å². The fourth-order valence-corrected chi connectivity index (χ4v) is 1.51. The van der Waals surface area contributed by atoms with Crippen molar-refractivity contribution in [3.8, 4) is 5.75 Å². The summed E-state index contributed by atoms with van der Waals surface area (Å²) in [5, 5.41) is 0. The molecule has 0 bridgehead atoms. The van der Waals surface area contributed by atoms with Crippen LogP contribution in [0.25, 0.3) is 0 Å². The van der Waals surface area contributed by atoms with Crippen LogP contribution < -0.4 is 10.5 Å². The molecular formula is C10H11ClF3NO. The van der Waals surface area contributed by atoms with Crippen molar-refractivity contribution in [2.24, 2.45) is 5.73 Å². The standard InChI is InChI=1S/C10H10F3NO.ClH/c11-10(12,13)15-7-3-1-6(2-4-7)8-5-9(8)14;/h1-4,8-9H,5,14H2;1H/t8-,9+;/m0./s1. The molecule has 0 aromatic heterocycles. The van der Waals surface area contributed by atoms with Gasteiger partial charge < -0.3 is 10.5 Å². The van der Waals surface area contributed by atoms with E-state index in [4.69, 9.17) is 5.73 Å². The summed E-state index contributed by atoms with van der Waals surface area (Å²) >= 11 is 0. The third-order valence-electron chi connectivity index (χ3n) is 2.38. The van der Waals surface area contributed by atoms with E-state index in [1.807, 2.05) is 0 Å². The van der Waals surface area contributed by atoms with Crippen LogP contribution in [0.15, 0.2) is 24.3 Å². The minimum Gasteiger partial charge on any atom is -0.406 e. The zero-order chi connectivity index (χ0) is 11.1. The van der Waals surface area contributed by atoms with E-state index in [0.717, 1.165) is 12.0 Å². The fourth-order valence-electron chi connectivity index (χ4n) is 1.51. The summed E-state index contributed by atoms with van der Waals surface area (Å²) in [5.41, 5.74) is 6.60. The van der Waals surface area contributed by atoms with Gasteiger partial charge in [-0.1, -0.05) is 12.1 Å². The summed E-state index contributed by atoms with van der Waals surface area (Å²) in [7, 11) is 0. The molecule has 2 atom stereocenters. The zero-order valence-electron chi connectivity index (χ0n) is 8.20. The van der Waals surface area contributed by atoms with E-state index in [1.165, 1.54) is 12.1 Å². The molecule has 0 amide bonds. The normalized spacial score (nSPS) is 23.5. The van der Waals surface area contributed by atoms with Crippen LogP contribution in [0.3, 0.4) is 0 Å². The number of halogens is 4. The Morgan fingerprint density at radius 3 is 2.06 bits per heavy atom. The molecule has 16 heavy (non-hydrogen) atoms. The highest BCUT2D eigenvalue weighted by Gasteiger charge is 2.35. The van der Waals surface area contributed by atoms with E-state index in [0.29, 0.717) is 5.92 Å². The maximum Gasteiger partial charge on any atom is 0.573 e. The Morgan fingerprint density at radius 2 is 1.69 bits per heavy atom. The van der Waals surface area contributed by atoms with E-state index in [1.54, 1.807) is 12.1 Å². The molecule has 1 aliphatic rings. The zero-order valence-corrected chi connectivity index (χ0v) is 9.02. The highest BCUT2D eigenvalue weighted by Crippen LogP contribution is 2.39. The topological polar surface area (TPSA) is 35.2 Å². The van der Waals surface area contributed by atoms with E-state index in [2.05, 4.69) is 4.74 Å². The lowest BCUT2D eigenvalue weighted by Gasteiger charge is -2.08. The molecule has 2 nitrogen and oxygen atoms in total. The highest BCUT2D eigenvalue weighted by atomic mass is 35.5. The van der Waals surface area contributed by atoms with Crippen LogP contribution in [-0.4, -0.2) is 12.4 Å². The van der Waals surface area contributed by atoms with Gasteiger partial charge in [-0.3, -0.25) is 0 Å². The van der Waals surface area contributed by atoms with E-state index in [9.17, 15) is 13.2 Å². The molecule has 2 N–H and O–H groups in total. The van der Waals surface area contributed by atoms with Gasteiger partial charge in [-0.05, 0) is 24.1 Å². The SMILES string of the molecule is Cl.N[C@@H]1C[C@H]1c1ccc(OC(F)(F)F)cc1. The summed E-state index contributed by atoms with van der Waals surface area (Å²) in [4.78, 5) is 0. The van der Waals surface area contributed by atoms with E-state index >= 15 is 0 Å². The maximum absolute atomic E-state index is 11.8. The predicted molar refractivity (Wildman–Crippen MR) is 55.7 cm³/mol. The first-order valence-corrected chi connectivity index (χ1v) is 4.57. The number of hydrogen-bond donors (Lipinski definition) is 1. The molecule has 1 fully saturated rings. The van der Waals surface area contributed by atoms with Gasteiger partial charge in [0.25, 0.3) is 0 Å². The number of nitrogens with two attached hydrogens (primary N) is 1. The fraction of sp³-hybridized carbons (Fsp3) is 0.400. The van der Waals surface area contributed by atoms with Crippen LogP contribution in [0.4, 0.5) is 13.2 Å². The first-order chi connectivity index (χ1) is 6.96. The summed E-state index contributed by atoms with van der Waals surface area (Å²) in [6.45, 7) is 0. The Morgan fingerprint density at radius 1 is 1.19 bits per heavy atom. The smallest absolute Gasteiger partial charge is 0.406 e. The first-order valence-electron chi connectivity index (χ1n) is 4.57. The molecule has 0 heterocycles. The van der Waals surface area contributed by atoms with Crippen LogP contribution in [-0.2, 0) is 0 Å². The van der Waals surface area contributed by atoms with Crippen LogP contribution in [0, 0.1) is 0 Å². The molecule has 1 aromatic rings. The molecule has 0 saturated heterocycles. The van der Waals surface area contributed by atoms with Crippen LogP contribution >= 0.6 is 12.4 Å². The van der Waals surface area contributed by atoms with Gasteiger partial charge in [0.05, 0.1) is 0 Å². The molecule has 0 spiro atoms. The van der Waals surface area contributed by atoms with Gasteiger partial charge in [-0.2, -0.15) is 0 Å². The van der Waals surface area contributed by atoms with Crippen molar-refractivity contribution < 1.29 is 17.9 Å². The van der Waals surface area contributed by atoms with Crippen LogP contribution in [0.1, 0.15) is 17.9 Å². The maximum atomic E-state index is 11.8. The summed E-state index contributed by atoms with van der Waals surface area (Å²) in [6.07, 6.45) is -3.73. The second-order valence-corrected chi connectivity index (χ2v) is 3.62. The average Bonchev–Trinajstić information content (AvgIpc) is 2.81. The van der Waals surface area contributed by atoms with Gasteiger partial charge in [0.2, 0.25) is 0 Å². The Bertz CT molecular complexity index is 352. The number of ether oxygens (including phenoxy) is 1. The Kier molecular flexibility index (Phi) is 3.70. The predicted octanol–water partition coefficient (Wildman–Crippen LogP) is 2.82. The quantitative estimate of drug-likeness (QED) is 0.880. The van der Waals surface area contributed by atoms with Crippen molar-refractivity contribution in [2.75, 3.05) is 0 Å². The van der Waals surface area contributed by atoms with Crippen molar-refractivity contribution >= 4 is 12.4 Å². The lowest BCUT2D eigenvalue weighted by molar-refractivity contribution is -0.274. The van der Waals surface area contributed by atoms with E-state index < -0.39 is 6.36 Å². The monoisotopic (exact) mass is 253 g/mol. The van der Waals surface area contributed by atoms with Gasteiger partial charge >= 0.3 is 6.36 Å². The molecular weight excluding hydrogens is 243 g/mol. The number of hydrogen-bond acceptors (Lipinski definition) is 2. The molecule has 0 aliphatic heterocycles. The molecule has 1 aromatic carbocycles. The van der Waals surface area contributed by atoms with Crippen molar-refractivity contribution in [3.63, 3.8) is 0 Å². The third kappa shape index (κ3) is 3.28. The molecule has 0 unspecified atom stereocenters. The molecule has 90 valence electrons. The van der Waals surface area contributed by atoms with Crippen LogP contribution in [0.2, 0.25) is 0 Å². The molecule has 2 rings (SSSR count).